The zero-order valence-electron chi connectivity index (χ0n) is 18.5. The fourth-order valence-corrected chi connectivity index (χ4v) is 3.55. The van der Waals surface area contributed by atoms with Gasteiger partial charge in [-0.25, -0.2) is 4.98 Å². The minimum atomic E-state index is 0.609. The Hall–Kier alpha value is -3.06. The van der Waals surface area contributed by atoms with Crippen molar-refractivity contribution in [2.75, 3.05) is 37.5 Å². The number of nitrogens with zero attached hydrogens (tertiary/aromatic N) is 4. The van der Waals surface area contributed by atoms with Gasteiger partial charge in [-0.15, -0.1) is 0 Å². The third-order valence-electron chi connectivity index (χ3n) is 4.95. The fourth-order valence-electron chi connectivity index (χ4n) is 3.28. The van der Waals surface area contributed by atoms with Crippen molar-refractivity contribution in [2.45, 2.75) is 26.4 Å². The standard InChI is InChI=1S/C24H31N5OS/c1-4-30-23-9-6-5-8-22(23)26-24(31)29(16-7-15-28-17-14-25-19-28)18-20-10-12-21(13-11-20)27(2)3/h5-6,8-14,17,19H,4,7,15-16,18H2,1-3H3,(H,26,31). The number of hydrogen-bond acceptors (Lipinski definition) is 4. The molecule has 0 aliphatic heterocycles. The van der Waals surface area contributed by atoms with Crippen LogP contribution in [0.25, 0.3) is 0 Å². The predicted molar refractivity (Wildman–Crippen MR) is 132 cm³/mol. The normalized spacial score (nSPS) is 10.5. The molecule has 0 amide bonds. The molecule has 7 heteroatoms. The number of rotatable bonds is 10. The second-order valence-electron chi connectivity index (χ2n) is 7.50. The van der Waals surface area contributed by atoms with Crippen LogP contribution in [0.1, 0.15) is 18.9 Å². The second-order valence-corrected chi connectivity index (χ2v) is 7.88. The van der Waals surface area contributed by atoms with Crippen molar-refractivity contribution < 1.29 is 4.74 Å². The van der Waals surface area contributed by atoms with Gasteiger partial charge in [0.1, 0.15) is 5.75 Å². The number of nitrogens with one attached hydrogen (secondary N) is 1. The molecular formula is C24H31N5OS. The van der Waals surface area contributed by atoms with E-state index in [1.807, 2.05) is 57.8 Å². The van der Waals surface area contributed by atoms with E-state index in [1.165, 1.54) is 11.3 Å². The van der Waals surface area contributed by atoms with Crippen molar-refractivity contribution in [1.29, 1.82) is 0 Å². The lowest BCUT2D eigenvalue weighted by atomic mass is 10.2. The topological polar surface area (TPSA) is 45.6 Å². The average molecular weight is 438 g/mol. The minimum Gasteiger partial charge on any atom is -0.492 e. The van der Waals surface area contributed by atoms with Gasteiger partial charge in [0.05, 0.1) is 18.6 Å². The highest BCUT2D eigenvalue weighted by Gasteiger charge is 2.13. The van der Waals surface area contributed by atoms with Crippen LogP contribution in [0.2, 0.25) is 0 Å². The number of hydrogen-bond donors (Lipinski definition) is 1. The molecule has 0 atom stereocenters. The Balaban J connectivity index is 1.71. The largest absolute Gasteiger partial charge is 0.492 e. The van der Waals surface area contributed by atoms with Gasteiger partial charge in [-0.05, 0) is 55.4 Å². The summed E-state index contributed by atoms with van der Waals surface area (Å²) in [5.41, 5.74) is 3.29. The van der Waals surface area contributed by atoms with Crippen LogP contribution in [-0.2, 0) is 13.1 Å². The van der Waals surface area contributed by atoms with Crippen LogP contribution in [-0.4, -0.2) is 46.8 Å². The number of aromatic nitrogens is 2. The molecule has 1 aromatic heterocycles. The Labute approximate surface area is 190 Å². The summed E-state index contributed by atoms with van der Waals surface area (Å²) >= 11 is 5.81. The van der Waals surface area contributed by atoms with Crippen molar-refractivity contribution in [1.82, 2.24) is 14.5 Å². The zero-order valence-corrected chi connectivity index (χ0v) is 19.3. The highest BCUT2D eigenvalue weighted by Crippen LogP contribution is 2.24. The van der Waals surface area contributed by atoms with Gasteiger partial charge in [-0.2, -0.15) is 0 Å². The number of thiocarbonyl (C=S) groups is 1. The highest BCUT2D eigenvalue weighted by atomic mass is 32.1. The zero-order chi connectivity index (χ0) is 22.1. The van der Waals surface area contributed by atoms with E-state index in [4.69, 9.17) is 17.0 Å². The van der Waals surface area contributed by atoms with Gasteiger partial charge >= 0.3 is 0 Å². The number of anilines is 2. The van der Waals surface area contributed by atoms with Crippen LogP contribution < -0.4 is 15.0 Å². The van der Waals surface area contributed by atoms with Gasteiger partial charge in [-0.3, -0.25) is 0 Å². The molecule has 31 heavy (non-hydrogen) atoms. The summed E-state index contributed by atoms with van der Waals surface area (Å²) in [6, 6.07) is 16.5. The van der Waals surface area contributed by atoms with Gasteiger partial charge in [0.15, 0.2) is 5.11 Å². The Morgan fingerprint density at radius 1 is 1.13 bits per heavy atom. The van der Waals surface area contributed by atoms with E-state index in [0.717, 1.165) is 37.5 Å². The molecule has 0 fully saturated rings. The molecule has 3 aromatic rings. The smallest absolute Gasteiger partial charge is 0.173 e. The van der Waals surface area contributed by atoms with Gasteiger partial charge in [0.2, 0.25) is 0 Å². The van der Waals surface area contributed by atoms with Crippen molar-refractivity contribution in [3.8, 4) is 5.75 Å². The van der Waals surface area contributed by atoms with E-state index in [0.29, 0.717) is 11.7 Å². The molecule has 0 saturated heterocycles. The Kier molecular flexibility index (Phi) is 8.29. The molecule has 0 bridgehead atoms. The molecule has 2 aromatic carbocycles. The maximum atomic E-state index is 5.81. The van der Waals surface area contributed by atoms with Crippen LogP contribution in [0.3, 0.4) is 0 Å². The third kappa shape index (κ3) is 6.72. The quantitative estimate of drug-likeness (QED) is 0.466. The van der Waals surface area contributed by atoms with Gasteiger partial charge in [0, 0.05) is 51.8 Å². The van der Waals surface area contributed by atoms with Crippen LogP contribution in [0, 0.1) is 0 Å². The number of imidazole rings is 1. The highest BCUT2D eigenvalue weighted by molar-refractivity contribution is 7.80. The summed E-state index contributed by atoms with van der Waals surface area (Å²) in [6.45, 7) is 5.05. The maximum Gasteiger partial charge on any atom is 0.173 e. The lowest BCUT2D eigenvalue weighted by Crippen LogP contribution is -2.35. The SMILES string of the molecule is CCOc1ccccc1NC(=S)N(CCCn1ccnc1)Cc1ccc(N(C)C)cc1. The van der Waals surface area contributed by atoms with Gasteiger partial charge in [0.25, 0.3) is 0 Å². The monoisotopic (exact) mass is 437 g/mol. The van der Waals surface area contributed by atoms with Crippen LogP contribution >= 0.6 is 12.2 Å². The first-order chi connectivity index (χ1) is 15.1. The summed E-state index contributed by atoms with van der Waals surface area (Å²) in [5.74, 6) is 0.807. The van der Waals surface area contributed by atoms with E-state index in [2.05, 4.69) is 48.9 Å². The summed E-state index contributed by atoms with van der Waals surface area (Å²) in [7, 11) is 4.10. The molecule has 3 rings (SSSR count). The number of benzene rings is 2. The van der Waals surface area contributed by atoms with Crippen LogP contribution in [0.15, 0.2) is 67.3 Å². The number of ether oxygens (including phenoxy) is 1. The predicted octanol–water partition coefficient (Wildman–Crippen LogP) is 4.64. The summed E-state index contributed by atoms with van der Waals surface area (Å²) in [6.07, 6.45) is 6.60. The van der Waals surface area contributed by atoms with E-state index < -0.39 is 0 Å². The fraction of sp³-hybridized carbons (Fsp3) is 0.333. The molecule has 164 valence electrons. The first kappa shape index (κ1) is 22.6. The lowest BCUT2D eigenvalue weighted by molar-refractivity contribution is 0.341. The third-order valence-corrected chi connectivity index (χ3v) is 5.31. The molecule has 1 N–H and O–H groups in total. The molecule has 1 heterocycles. The summed E-state index contributed by atoms with van der Waals surface area (Å²) < 4.78 is 7.83. The Morgan fingerprint density at radius 2 is 1.90 bits per heavy atom. The molecular weight excluding hydrogens is 406 g/mol. The van der Waals surface area contributed by atoms with Crippen molar-refractivity contribution >= 4 is 28.7 Å². The molecule has 6 nitrogen and oxygen atoms in total. The van der Waals surface area contributed by atoms with Gasteiger partial charge in [-0.1, -0.05) is 24.3 Å². The summed E-state index contributed by atoms with van der Waals surface area (Å²) in [5, 5.41) is 4.08. The summed E-state index contributed by atoms with van der Waals surface area (Å²) in [4.78, 5) is 8.43. The Morgan fingerprint density at radius 3 is 2.58 bits per heavy atom. The molecule has 0 aliphatic carbocycles. The van der Waals surface area contributed by atoms with Crippen molar-refractivity contribution in [2.24, 2.45) is 0 Å². The average Bonchev–Trinajstić information content (AvgIpc) is 3.28. The van der Waals surface area contributed by atoms with E-state index >= 15 is 0 Å². The lowest BCUT2D eigenvalue weighted by Gasteiger charge is -2.27. The number of para-hydroxylation sites is 2. The molecule has 0 aliphatic rings. The number of aryl methyl sites for hydroxylation is 1. The van der Waals surface area contributed by atoms with E-state index in [-0.39, 0.29) is 0 Å². The van der Waals surface area contributed by atoms with E-state index in [9.17, 15) is 0 Å². The maximum absolute atomic E-state index is 5.81. The minimum absolute atomic E-state index is 0.609. The first-order valence-corrected chi connectivity index (χ1v) is 11.0. The molecule has 0 unspecified atom stereocenters. The van der Waals surface area contributed by atoms with Crippen LogP contribution in [0.4, 0.5) is 11.4 Å². The first-order valence-electron chi connectivity index (χ1n) is 10.6. The van der Waals surface area contributed by atoms with E-state index in [1.54, 1.807) is 6.20 Å². The second kappa shape index (κ2) is 11.4. The van der Waals surface area contributed by atoms with Gasteiger partial charge < -0.3 is 24.4 Å². The molecule has 0 saturated carbocycles. The molecule has 0 spiro atoms. The van der Waals surface area contributed by atoms with Crippen molar-refractivity contribution in [3.63, 3.8) is 0 Å². The molecule has 0 radical (unpaired) electrons. The van der Waals surface area contributed by atoms with Crippen LogP contribution in [0.5, 0.6) is 5.75 Å². The Bertz CT molecular complexity index is 941. The van der Waals surface area contributed by atoms with Crippen molar-refractivity contribution in [3.05, 3.63) is 72.8 Å².